The molecule has 21 heavy (non-hydrogen) atoms. The van der Waals surface area contributed by atoms with Crippen LogP contribution >= 0.6 is 0 Å². The third kappa shape index (κ3) is 15.7. The Morgan fingerprint density at radius 3 is 1.05 bits per heavy atom. The Hall–Kier alpha value is -0.492. The number of aliphatic hydroxyl groups excluding tert-OH is 1. The maximum atomic E-state index is 9.51. The summed E-state index contributed by atoms with van der Waals surface area (Å²) in [6.45, 7) is 4.50. The fraction of sp³-hybridized carbons (Fsp3) is 0.846. The number of carboxylic acid groups (broad SMARTS) is 2. The van der Waals surface area contributed by atoms with Crippen LogP contribution in [0.1, 0.15) is 38.5 Å². The molecule has 2 aliphatic rings. The van der Waals surface area contributed by atoms with Gasteiger partial charge in [0.05, 0.1) is 0 Å². The zero-order chi connectivity index (χ0) is 15.2. The van der Waals surface area contributed by atoms with Gasteiger partial charge in [0.25, 0.3) is 0 Å². The number of carboxylic acids is 2. The van der Waals surface area contributed by atoms with Crippen molar-refractivity contribution >= 4 is 11.9 Å². The molecule has 0 aromatic rings. The molecule has 0 bridgehead atoms. The maximum absolute atomic E-state index is 9.51. The molecule has 0 atom stereocenters. The van der Waals surface area contributed by atoms with Gasteiger partial charge in [0.2, 0.25) is 6.10 Å². The van der Waals surface area contributed by atoms with Gasteiger partial charge in [-0.15, -0.1) is 26.2 Å². The largest absolute Gasteiger partial charge is 2.00 e. The van der Waals surface area contributed by atoms with Crippen molar-refractivity contribution in [3.8, 4) is 0 Å². The SMILES string of the molecule is C1CC[N-]CC1.C1CC[N-]CC1.O=C(O)C(O)C(=O)O.[Pt+2]. The quantitative estimate of drug-likeness (QED) is 0.515. The topological polar surface area (TPSA) is 123 Å². The molecule has 2 saturated heterocycles. The molecule has 2 heterocycles. The van der Waals surface area contributed by atoms with Gasteiger partial charge in [0.1, 0.15) is 0 Å². The minimum atomic E-state index is -2.30. The normalized spacial score (nSPS) is 17.2. The van der Waals surface area contributed by atoms with Crippen molar-refractivity contribution in [2.45, 2.75) is 44.6 Å². The molecule has 0 amide bonds. The fourth-order valence-electron chi connectivity index (χ4n) is 1.58. The second kappa shape index (κ2) is 15.9. The van der Waals surface area contributed by atoms with Crippen LogP contribution in [0.3, 0.4) is 0 Å². The average molecular weight is 483 g/mol. The first-order chi connectivity index (χ1) is 9.55. The minimum Gasteiger partial charge on any atom is -0.662 e. The Morgan fingerprint density at radius 1 is 0.714 bits per heavy atom. The van der Waals surface area contributed by atoms with Gasteiger partial charge in [0, 0.05) is 0 Å². The number of hydrogen-bond donors (Lipinski definition) is 3. The number of aliphatic hydroxyl groups is 1. The maximum Gasteiger partial charge on any atom is 2.00 e. The van der Waals surface area contributed by atoms with Crippen LogP contribution in [0.5, 0.6) is 0 Å². The molecule has 0 saturated carbocycles. The van der Waals surface area contributed by atoms with Gasteiger partial charge >= 0.3 is 33.0 Å². The first kappa shape index (κ1) is 22.8. The molecule has 0 spiro atoms. The average Bonchev–Trinajstić information content (AvgIpc) is 2.51. The van der Waals surface area contributed by atoms with Crippen molar-refractivity contribution < 1.29 is 46.0 Å². The Morgan fingerprint density at radius 2 is 1.00 bits per heavy atom. The van der Waals surface area contributed by atoms with E-state index in [4.69, 9.17) is 15.3 Å². The van der Waals surface area contributed by atoms with E-state index < -0.39 is 18.0 Å². The van der Waals surface area contributed by atoms with Gasteiger partial charge in [-0.1, -0.05) is 38.5 Å². The molecule has 2 aliphatic heterocycles. The Balaban J connectivity index is 0. The molecule has 0 aromatic heterocycles. The summed E-state index contributed by atoms with van der Waals surface area (Å²) >= 11 is 0. The van der Waals surface area contributed by atoms with Crippen molar-refractivity contribution in [3.63, 3.8) is 0 Å². The van der Waals surface area contributed by atoms with Gasteiger partial charge < -0.3 is 26.0 Å². The van der Waals surface area contributed by atoms with E-state index in [0.29, 0.717) is 0 Å². The molecular formula is C13H24N2O5Pt. The van der Waals surface area contributed by atoms with E-state index in [1.165, 1.54) is 38.5 Å². The van der Waals surface area contributed by atoms with Crippen LogP contribution in [-0.4, -0.2) is 59.5 Å². The molecule has 0 aliphatic carbocycles. The standard InChI is InChI=1S/2C5H10N.C3H4O5.Pt/c2*1-2-4-6-5-3-1;4-1(2(5)6)3(7)8;/h2*1-5H2;1,4H,(H,5,6)(H,7,8);/q2*-1;;+2. The number of carbonyl (C=O) groups is 2. The van der Waals surface area contributed by atoms with Gasteiger partial charge in [-0.25, -0.2) is 9.59 Å². The second-order valence-corrected chi connectivity index (χ2v) is 4.54. The van der Waals surface area contributed by atoms with Crippen molar-refractivity contribution in [1.82, 2.24) is 0 Å². The molecule has 2 rings (SSSR count). The molecule has 3 N–H and O–H groups in total. The van der Waals surface area contributed by atoms with E-state index in [2.05, 4.69) is 10.6 Å². The first-order valence-electron chi connectivity index (χ1n) is 6.96. The summed E-state index contributed by atoms with van der Waals surface area (Å²) in [5.41, 5.74) is 0. The van der Waals surface area contributed by atoms with E-state index >= 15 is 0 Å². The third-order valence-electron chi connectivity index (χ3n) is 2.73. The molecular weight excluding hydrogens is 459 g/mol. The zero-order valence-corrected chi connectivity index (χ0v) is 14.3. The molecule has 0 aromatic carbocycles. The Labute approximate surface area is 139 Å². The van der Waals surface area contributed by atoms with Crippen LogP contribution in [0, 0.1) is 0 Å². The van der Waals surface area contributed by atoms with Crippen molar-refractivity contribution in [3.05, 3.63) is 10.6 Å². The van der Waals surface area contributed by atoms with E-state index in [-0.39, 0.29) is 21.1 Å². The summed E-state index contributed by atoms with van der Waals surface area (Å²) in [5, 5.41) is 31.8. The minimum absolute atomic E-state index is 0. The Kier molecular flexibility index (Phi) is 17.2. The summed E-state index contributed by atoms with van der Waals surface area (Å²) in [5.74, 6) is -3.50. The van der Waals surface area contributed by atoms with E-state index in [1.807, 2.05) is 0 Å². The first-order valence-corrected chi connectivity index (χ1v) is 6.96. The van der Waals surface area contributed by atoms with E-state index in [9.17, 15) is 9.59 Å². The smallest absolute Gasteiger partial charge is 0.662 e. The monoisotopic (exact) mass is 483 g/mol. The molecule has 126 valence electrons. The predicted molar refractivity (Wildman–Crippen MR) is 75.2 cm³/mol. The molecule has 2 fully saturated rings. The van der Waals surface area contributed by atoms with Gasteiger partial charge in [-0.3, -0.25) is 0 Å². The number of rotatable bonds is 2. The fourth-order valence-corrected chi connectivity index (χ4v) is 1.58. The number of nitrogens with zero attached hydrogens (tertiary/aromatic N) is 2. The van der Waals surface area contributed by atoms with Crippen molar-refractivity contribution in [2.75, 3.05) is 26.2 Å². The number of piperidine rings is 2. The summed E-state index contributed by atoms with van der Waals surface area (Å²) in [7, 11) is 0. The third-order valence-corrected chi connectivity index (χ3v) is 2.73. The second-order valence-electron chi connectivity index (χ2n) is 4.54. The molecule has 7 nitrogen and oxygen atoms in total. The van der Waals surface area contributed by atoms with E-state index in [1.54, 1.807) is 0 Å². The van der Waals surface area contributed by atoms with Gasteiger partial charge in [-0.05, 0) is 0 Å². The van der Waals surface area contributed by atoms with Crippen molar-refractivity contribution in [2.24, 2.45) is 0 Å². The molecule has 0 unspecified atom stereocenters. The predicted octanol–water partition coefficient (Wildman–Crippen LogP) is 1.60. The van der Waals surface area contributed by atoms with Crippen LogP contribution in [0.25, 0.3) is 10.6 Å². The van der Waals surface area contributed by atoms with Crippen LogP contribution in [-0.2, 0) is 30.7 Å². The van der Waals surface area contributed by atoms with Crippen LogP contribution in [0.4, 0.5) is 0 Å². The summed E-state index contributed by atoms with van der Waals surface area (Å²) in [6.07, 6.45) is 5.85. The van der Waals surface area contributed by atoms with Crippen LogP contribution in [0.2, 0.25) is 0 Å². The summed E-state index contributed by atoms with van der Waals surface area (Å²) < 4.78 is 0. The number of aliphatic carboxylic acids is 2. The Bertz CT molecular complexity index is 222. The van der Waals surface area contributed by atoms with E-state index in [0.717, 1.165) is 26.2 Å². The van der Waals surface area contributed by atoms with Crippen LogP contribution in [0.15, 0.2) is 0 Å². The number of hydrogen-bond acceptors (Lipinski definition) is 3. The van der Waals surface area contributed by atoms with Gasteiger partial charge in [-0.2, -0.15) is 0 Å². The van der Waals surface area contributed by atoms with Gasteiger partial charge in [0.15, 0.2) is 0 Å². The summed E-state index contributed by atoms with van der Waals surface area (Å²) in [6, 6.07) is 0. The molecule has 8 heteroatoms. The zero-order valence-electron chi connectivity index (χ0n) is 12.0. The van der Waals surface area contributed by atoms with Crippen molar-refractivity contribution in [1.29, 1.82) is 0 Å². The summed E-state index contributed by atoms with van der Waals surface area (Å²) in [4.78, 5) is 19.0. The molecule has 0 radical (unpaired) electrons. The van der Waals surface area contributed by atoms with Crippen LogP contribution < -0.4 is 0 Å².